The third kappa shape index (κ3) is 2.13. The van der Waals surface area contributed by atoms with Gasteiger partial charge in [-0.1, -0.05) is 19.3 Å². The quantitative estimate of drug-likeness (QED) is 0.739. The Morgan fingerprint density at radius 2 is 1.85 bits per heavy atom. The van der Waals surface area contributed by atoms with Crippen LogP contribution in [0.5, 0.6) is 0 Å². The van der Waals surface area contributed by atoms with Crippen molar-refractivity contribution in [2.24, 2.45) is 17.8 Å². The summed E-state index contributed by atoms with van der Waals surface area (Å²) in [6.45, 7) is 1.35. The molecule has 4 heteroatoms. The van der Waals surface area contributed by atoms with E-state index in [1.165, 1.54) is 19.3 Å². The molecular weight excluding hydrogens is 196 g/mol. The summed E-state index contributed by atoms with van der Waals surface area (Å²) in [7, 11) is 0. The van der Waals surface area contributed by atoms with Crippen molar-refractivity contribution in [1.29, 1.82) is 0 Å². The van der Waals surface area contributed by atoms with Gasteiger partial charge in [-0.2, -0.15) is 0 Å². The Balaban J connectivity index is 0.000000845. The average Bonchev–Trinajstić information content (AvgIpc) is 2.31. The van der Waals surface area contributed by atoms with E-state index in [0.717, 1.165) is 6.54 Å². The molecular formula is C9H16ClF2N. The largest absolute Gasteiger partial charge is 0.316 e. The second kappa shape index (κ2) is 4.56. The Morgan fingerprint density at radius 3 is 2.31 bits per heavy atom. The maximum atomic E-state index is 12.5. The van der Waals surface area contributed by atoms with E-state index in [-0.39, 0.29) is 24.2 Å². The topological polar surface area (TPSA) is 12.0 Å². The van der Waals surface area contributed by atoms with Crippen molar-refractivity contribution < 1.29 is 8.78 Å². The Bertz CT molecular complexity index is 162. The number of nitrogens with one attached hydrogen (secondary N) is 1. The molecule has 2 aliphatic rings. The molecule has 1 heterocycles. The van der Waals surface area contributed by atoms with E-state index in [1.807, 2.05) is 0 Å². The van der Waals surface area contributed by atoms with Gasteiger partial charge in [0, 0.05) is 12.5 Å². The van der Waals surface area contributed by atoms with Crippen molar-refractivity contribution in [1.82, 2.24) is 5.32 Å². The van der Waals surface area contributed by atoms with Crippen molar-refractivity contribution in [3.63, 3.8) is 0 Å². The normalized spacial score (nSPS) is 34.4. The predicted molar refractivity (Wildman–Crippen MR) is 50.4 cm³/mol. The molecule has 2 rings (SSSR count). The van der Waals surface area contributed by atoms with Crippen LogP contribution in [0.3, 0.4) is 0 Å². The maximum absolute atomic E-state index is 12.5. The van der Waals surface area contributed by atoms with Crippen molar-refractivity contribution in [3.05, 3.63) is 0 Å². The van der Waals surface area contributed by atoms with Gasteiger partial charge in [0.2, 0.25) is 6.43 Å². The molecule has 0 aromatic heterocycles. The van der Waals surface area contributed by atoms with Gasteiger partial charge in [-0.25, -0.2) is 8.78 Å². The lowest BCUT2D eigenvalue weighted by molar-refractivity contribution is 0.0342. The van der Waals surface area contributed by atoms with Crippen LogP contribution >= 0.6 is 12.4 Å². The number of alkyl halides is 2. The first kappa shape index (κ1) is 11.2. The lowest BCUT2D eigenvalue weighted by atomic mass is 9.72. The second-order valence-electron chi connectivity index (χ2n) is 4.01. The van der Waals surface area contributed by atoms with Crippen molar-refractivity contribution in [3.8, 4) is 0 Å². The van der Waals surface area contributed by atoms with Crippen LogP contribution in [0.1, 0.15) is 19.3 Å². The van der Waals surface area contributed by atoms with Crippen LogP contribution in [0.4, 0.5) is 8.78 Å². The lowest BCUT2D eigenvalue weighted by Crippen LogP contribution is -2.31. The fourth-order valence-corrected chi connectivity index (χ4v) is 2.38. The van der Waals surface area contributed by atoms with E-state index in [0.29, 0.717) is 12.5 Å². The molecule has 1 aliphatic heterocycles. The molecule has 1 saturated heterocycles. The highest BCUT2D eigenvalue weighted by Crippen LogP contribution is 2.40. The molecule has 2 atom stereocenters. The Hall–Kier alpha value is 0.110. The van der Waals surface area contributed by atoms with Gasteiger partial charge in [0.1, 0.15) is 0 Å². The zero-order chi connectivity index (χ0) is 8.55. The summed E-state index contributed by atoms with van der Waals surface area (Å²) in [5, 5.41) is 3.07. The third-order valence-electron chi connectivity index (χ3n) is 3.39. The Labute approximate surface area is 83.7 Å². The Kier molecular flexibility index (Phi) is 3.92. The fraction of sp³-hybridized carbons (Fsp3) is 1.00. The second-order valence-corrected chi connectivity index (χ2v) is 4.01. The van der Waals surface area contributed by atoms with E-state index in [1.54, 1.807) is 0 Å². The van der Waals surface area contributed by atoms with Crippen LogP contribution in [-0.2, 0) is 0 Å². The minimum absolute atomic E-state index is 0. The highest BCUT2D eigenvalue weighted by Gasteiger charge is 2.40. The first-order valence-corrected chi connectivity index (χ1v) is 4.78. The van der Waals surface area contributed by atoms with Crippen LogP contribution in [0.25, 0.3) is 0 Å². The number of rotatable bonds is 2. The summed E-state index contributed by atoms with van der Waals surface area (Å²) < 4.78 is 24.9. The van der Waals surface area contributed by atoms with Gasteiger partial charge < -0.3 is 5.32 Å². The van der Waals surface area contributed by atoms with Gasteiger partial charge in [-0.05, 0) is 18.4 Å². The smallest absolute Gasteiger partial charge is 0.242 e. The number of halogens is 3. The van der Waals surface area contributed by atoms with E-state index in [9.17, 15) is 8.78 Å². The molecule has 13 heavy (non-hydrogen) atoms. The van der Waals surface area contributed by atoms with Gasteiger partial charge in [0.15, 0.2) is 0 Å². The zero-order valence-corrected chi connectivity index (χ0v) is 8.33. The van der Waals surface area contributed by atoms with E-state index in [4.69, 9.17) is 0 Å². The van der Waals surface area contributed by atoms with Crippen LogP contribution in [0.15, 0.2) is 0 Å². The van der Waals surface area contributed by atoms with Gasteiger partial charge in [-0.15, -0.1) is 12.4 Å². The summed E-state index contributed by atoms with van der Waals surface area (Å²) in [6, 6.07) is 0. The first-order valence-electron chi connectivity index (χ1n) is 4.78. The van der Waals surface area contributed by atoms with Crippen LogP contribution in [0, 0.1) is 17.8 Å². The van der Waals surface area contributed by atoms with Crippen LogP contribution < -0.4 is 5.32 Å². The van der Waals surface area contributed by atoms with E-state index >= 15 is 0 Å². The summed E-state index contributed by atoms with van der Waals surface area (Å²) in [6.07, 6.45) is 1.48. The Morgan fingerprint density at radius 1 is 1.15 bits per heavy atom. The molecule has 1 aliphatic carbocycles. The average molecular weight is 212 g/mol. The molecule has 0 amide bonds. The molecule has 0 aromatic rings. The third-order valence-corrected chi connectivity index (χ3v) is 3.39. The summed E-state index contributed by atoms with van der Waals surface area (Å²) in [5.74, 6) is 0.494. The highest BCUT2D eigenvalue weighted by molar-refractivity contribution is 5.85. The lowest BCUT2D eigenvalue weighted by Gasteiger charge is -2.34. The monoisotopic (exact) mass is 211 g/mol. The molecule has 1 saturated carbocycles. The van der Waals surface area contributed by atoms with E-state index < -0.39 is 6.43 Å². The molecule has 0 radical (unpaired) electrons. The molecule has 0 spiro atoms. The van der Waals surface area contributed by atoms with Gasteiger partial charge in [0.05, 0.1) is 0 Å². The minimum atomic E-state index is -2.12. The van der Waals surface area contributed by atoms with Crippen LogP contribution in [0.2, 0.25) is 0 Å². The van der Waals surface area contributed by atoms with Crippen LogP contribution in [-0.4, -0.2) is 19.5 Å². The van der Waals surface area contributed by atoms with Gasteiger partial charge in [0.25, 0.3) is 0 Å². The van der Waals surface area contributed by atoms with E-state index in [2.05, 4.69) is 5.32 Å². The zero-order valence-electron chi connectivity index (χ0n) is 7.51. The molecule has 2 unspecified atom stereocenters. The van der Waals surface area contributed by atoms with Gasteiger partial charge >= 0.3 is 0 Å². The SMILES string of the molecule is Cl.FC(F)C1CNCC1C1CCC1. The summed E-state index contributed by atoms with van der Waals surface area (Å²) in [4.78, 5) is 0. The maximum Gasteiger partial charge on any atom is 0.242 e. The molecule has 1 N–H and O–H groups in total. The highest BCUT2D eigenvalue weighted by atomic mass is 35.5. The molecule has 0 bridgehead atoms. The van der Waals surface area contributed by atoms with Crippen molar-refractivity contribution in [2.75, 3.05) is 13.1 Å². The molecule has 1 nitrogen and oxygen atoms in total. The summed E-state index contributed by atoms with van der Waals surface area (Å²) >= 11 is 0. The molecule has 78 valence electrons. The first-order chi connectivity index (χ1) is 5.79. The predicted octanol–water partition coefficient (Wildman–Crippen LogP) is 2.31. The standard InChI is InChI=1S/C9H15F2N.ClH/c10-9(11)8-5-12-4-7(8)6-2-1-3-6;/h6-9,12H,1-5H2;1H. The minimum Gasteiger partial charge on any atom is -0.316 e. The number of hydrogen-bond acceptors (Lipinski definition) is 1. The number of hydrogen-bond donors (Lipinski definition) is 1. The summed E-state index contributed by atoms with van der Waals surface area (Å²) in [5.41, 5.74) is 0. The molecule has 0 aromatic carbocycles. The molecule has 2 fully saturated rings. The van der Waals surface area contributed by atoms with Crippen molar-refractivity contribution in [2.45, 2.75) is 25.7 Å². The van der Waals surface area contributed by atoms with Gasteiger partial charge in [-0.3, -0.25) is 0 Å². The van der Waals surface area contributed by atoms with Crippen molar-refractivity contribution >= 4 is 12.4 Å². The fourth-order valence-electron chi connectivity index (χ4n) is 2.38.